The summed E-state index contributed by atoms with van der Waals surface area (Å²) in [6, 6.07) is 6.01. The first-order valence-electron chi connectivity index (χ1n) is 5.59. The number of aliphatic imine (C=N–C) groups is 1. The van der Waals surface area contributed by atoms with Gasteiger partial charge < -0.3 is 11.2 Å². The molecule has 0 fully saturated rings. The molecule has 0 heterocycles. The number of nitrogens with zero attached hydrogens (tertiary/aromatic N) is 1. The van der Waals surface area contributed by atoms with Crippen LogP contribution in [0.3, 0.4) is 0 Å². The topological polar surface area (TPSA) is 76.4 Å². The van der Waals surface area contributed by atoms with Gasteiger partial charge in [0.25, 0.3) is 0 Å². The molecule has 1 aromatic rings. The summed E-state index contributed by atoms with van der Waals surface area (Å²) in [5, 5.41) is 0. The Morgan fingerprint density at radius 3 is 2.59 bits per heavy atom. The molecule has 0 spiro atoms. The summed E-state index contributed by atoms with van der Waals surface area (Å²) in [6.07, 6.45) is 3.30. The number of nitrogens with one attached hydrogen (secondary N) is 1. The van der Waals surface area contributed by atoms with Gasteiger partial charge in [0.2, 0.25) is 0 Å². The molecule has 0 atom stereocenters. The van der Waals surface area contributed by atoms with Crippen molar-refractivity contribution in [1.82, 2.24) is 0 Å². The fourth-order valence-corrected chi connectivity index (χ4v) is 1.70. The highest BCUT2D eigenvalue weighted by Crippen LogP contribution is 2.27. The van der Waals surface area contributed by atoms with Crippen LogP contribution in [0.25, 0.3) is 5.57 Å². The van der Waals surface area contributed by atoms with E-state index in [1.165, 1.54) is 0 Å². The van der Waals surface area contributed by atoms with Crippen molar-refractivity contribution in [3.63, 3.8) is 0 Å². The fourth-order valence-electron chi connectivity index (χ4n) is 1.70. The zero-order valence-electron chi connectivity index (χ0n) is 10.6. The van der Waals surface area contributed by atoms with Crippen molar-refractivity contribution in [2.24, 2.45) is 16.6 Å². The van der Waals surface area contributed by atoms with Crippen molar-refractivity contribution in [3.8, 4) is 0 Å². The van der Waals surface area contributed by atoms with E-state index in [9.17, 15) is 0 Å². The molecule has 0 aromatic heterocycles. The molecule has 1 rings (SSSR count). The fraction of sp³-hybridized carbons (Fsp3) is 0.308. The van der Waals surface area contributed by atoms with E-state index in [0.717, 1.165) is 22.4 Å². The monoisotopic (exact) mass is 232 g/mol. The Kier molecular flexibility index (Phi) is 4.72. The molecule has 0 unspecified atom stereocenters. The van der Waals surface area contributed by atoms with Gasteiger partial charge in [0.1, 0.15) is 0 Å². The molecular weight excluding hydrogens is 212 g/mol. The molecule has 0 bridgehead atoms. The minimum Gasteiger partial charge on any atom is -0.404 e. The highest BCUT2D eigenvalue weighted by molar-refractivity contribution is 6.09. The van der Waals surface area contributed by atoms with E-state index in [4.69, 9.17) is 11.6 Å². The van der Waals surface area contributed by atoms with Crippen LogP contribution in [0.2, 0.25) is 0 Å². The standard InChI is InChI=1S/C13H20N4/c1-9(2)12-6-10(4-5-13(12)17-15)11(7-14)8-16-3/h4-9,17H,14-15H2,1-3H3. The number of benzene rings is 1. The molecule has 0 amide bonds. The Hall–Kier alpha value is -1.81. The van der Waals surface area contributed by atoms with Crippen molar-refractivity contribution in [2.75, 3.05) is 12.5 Å². The zero-order chi connectivity index (χ0) is 12.8. The lowest BCUT2D eigenvalue weighted by Gasteiger charge is -2.14. The molecule has 5 N–H and O–H groups in total. The van der Waals surface area contributed by atoms with Crippen LogP contribution in [0.5, 0.6) is 0 Å². The largest absolute Gasteiger partial charge is 0.404 e. The van der Waals surface area contributed by atoms with Crippen LogP contribution in [0, 0.1) is 0 Å². The van der Waals surface area contributed by atoms with Gasteiger partial charge in [-0.25, -0.2) is 0 Å². The van der Waals surface area contributed by atoms with Gasteiger partial charge in [0.05, 0.1) is 5.69 Å². The Balaban J connectivity index is 3.24. The molecule has 0 saturated heterocycles. The second-order valence-electron chi connectivity index (χ2n) is 4.11. The zero-order valence-corrected chi connectivity index (χ0v) is 10.6. The number of hydrogen-bond acceptors (Lipinski definition) is 4. The second-order valence-corrected chi connectivity index (χ2v) is 4.11. The van der Waals surface area contributed by atoms with E-state index >= 15 is 0 Å². The first kappa shape index (κ1) is 13.3. The average Bonchev–Trinajstić information content (AvgIpc) is 2.35. The van der Waals surface area contributed by atoms with Crippen molar-refractivity contribution < 1.29 is 0 Å². The molecule has 0 aliphatic heterocycles. The lowest BCUT2D eigenvalue weighted by molar-refractivity contribution is 0.866. The molecule has 4 nitrogen and oxygen atoms in total. The van der Waals surface area contributed by atoms with Crippen LogP contribution in [-0.2, 0) is 0 Å². The highest BCUT2D eigenvalue weighted by Gasteiger charge is 2.08. The normalized spacial score (nSPS) is 12.4. The van der Waals surface area contributed by atoms with Gasteiger partial charge in [-0.1, -0.05) is 19.9 Å². The third-order valence-corrected chi connectivity index (χ3v) is 2.61. The minimum absolute atomic E-state index is 0.388. The van der Waals surface area contributed by atoms with E-state index in [2.05, 4.69) is 30.3 Å². The maximum absolute atomic E-state index is 5.59. The van der Waals surface area contributed by atoms with Crippen LogP contribution >= 0.6 is 0 Å². The van der Waals surface area contributed by atoms with E-state index in [1.807, 2.05) is 12.1 Å². The molecule has 0 aliphatic carbocycles. The molecule has 1 aromatic carbocycles. The van der Waals surface area contributed by atoms with E-state index < -0.39 is 0 Å². The first-order chi connectivity index (χ1) is 8.13. The van der Waals surface area contributed by atoms with Crippen molar-refractivity contribution in [3.05, 3.63) is 35.5 Å². The number of allylic oxidation sites excluding steroid dienone is 1. The maximum atomic E-state index is 5.59. The Labute approximate surface area is 102 Å². The van der Waals surface area contributed by atoms with Crippen LogP contribution in [0.1, 0.15) is 30.9 Å². The first-order valence-corrected chi connectivity index (χ1v) is 5.59. The lowest BCUT2D eigenvalue weighted by atomic mass is 9.96. The number of hydrazine groups is 1. The van der Waals surface area contributed by atoms with Crippen LogP contribution < -0.4 is 17.0 Å². The lowest BCUT2D eigenvalue weighted by Crippen LogP contribution is -2.10. The van der Waals surface area contributed by atoms with E-state index in [-0.39, 0.29) is 0 Å². The number of anilines is 1. The van der Waals surface area contributed by atoms with Crippen molar-refractivity contribution in [1.29, 1.82) is 0 Å². The van der Waals surface area contributed by atoms with E-state index in [0.29, 0.717) is 5.92 Å². The van der Waals surface area contributed by atoms with Gasteiger partial charge in [-0.05, 0) is 29.2 Å². The summed E-state index contributed by atoms with van der Waals surface area (Å²) in [5.41, 5.74) is 12.3. The molecule has 17 heavy (non-hydrogen) atoms. The average molecular weight is 232 g/mol. The van der Waals surface area contributed by atoms with Crippen LogP contribution in [0.15, 0.2) is 29.4 Å². The molecule has 92 valence electrons. The quantitative estimate of drug-likeness (QED) is 0.422. The van der Waals surface area contributed by atoms with Gasteiger partial charge in [-0.2, -0.15) is 0 Å². The Morgan fingerprint density at radius 1 is 1.41 bits per heavy atom. The van der Waals surface area contributed by atoms with Gasteiger partial charge in [-0.3, -0.25) is 10.8 Å². The minimum atomic E-state index is 0.388. The summed E-state index contributed by atoms with van der Waals surface area (Å²) in [5.74, 6) is 5.88. The number of rotatable bonds is 4. The third-order valence-electron chi connectivity index (χ3n) is 2.61. The summed E-state index contributed by atoms with van der Waals surface area (Å²) in [6.45, 7) is 4.25. The highest BCUT2D eigenvalue weighted by atomic mass is 15.2. The molecule has 4 heteroatoms. The van der Waals surface area contributed by atoms with Gasteiger partial charge in [-0.15, -0.1) is 0 Å². The molecule has 0 aliphatic rings. The SMILES string of the molecule is CN=CC(=CN)c1ccc(NN)c(C(C)C)c1. The van der Waals surface area contributed by atoms with Gasteiger partial charge >= 0.3 is 0 Å². The summed E-state index contributed by atoms with van der Waals surface area (Å²) < 4.78 is 0. The summed E-state index contributed by atoms with van der Waals surface area (Å²) in [4.78, 5) is 3.99. The second kappa shape index (κ2) is 6.06. The summed E-state index contributed by atoms with van der Waals surface area (Å²) in [7, 11) is 1.72. The van der Waals surface area contributed by atoms with Crippen LogP contribution in [-0.4, -0.2) is 13.3 Å². The molecule has 0 saturated carbocycles. The van der Waals surface area contributed by atoms with Gasteiger partial charge in [0, 0.05) is 25.0 Å². The maximum Gasteiger partial charge on any atom is 0.0520 e. The van der Waals surface area contributed by atoms with Gasteiger partial charge in [0.15, 0.2) is 0 Å². The number of nitrogen functional groups attached to an aromatic ring is 1. The van der Waals surface area contributed by atoms with E-state index in [1.54, 1.807) is 19.5 Å². The Morgan fingerprint density at radius 2 is 2.12 bits per heavy atom. The smallest absolute Gasteiger partial charge is 0.0520 e. The predicted octanol–water partition coefficient (Wildman–Crippen LogP) is 2.10. The predicted molar refractivity (Wildman–Crippen MR) is 74.9 cm³/mol. The number of hydrogen-bond donors (Lipinski definition) is 3. The summed E-state index contributed by atoms with van der Waals surface area (Å²) >= 11 is 0. The van der Waals surface area contributed by atoms with Crippen molar-refractivity contribution >= 4 is 17.5 Å². The Bertz CT molecular complexity index is 433. The van der Waals surface area contributed by atoms with Crippen LogP contribution in [0.4, 0.5) is 5.69 Å². The third kappa shape index (κ3) is 3.07. The van der Waals surface area contributed by atoms with Crippen molar-refractivity contribution in [2.45, 2.75) is 19.8 Å². The molecular formula is C13H20N4. The molecule has 0 radical (unpaired) electrons. The number of nitrogens with two attached hydrogens (primary N) is 2.